The number of nitrogens with zero attached hydrogens (tertiary/aromatic N) is 2. The molecule has 0 spiro atoms. The molecule has 8 nitrogen and oxygen atoms in total. The van der Waals surface area contributed by atoms with Crippen molar-refractivity contribution in [3.8, 4) is 6.07 Å². The number of methoxy groups -OCH3 is 1. The second-order valence-electron chi connectivity index (χ2n) is 8.08. The number of benzene rings is 2. The van der Waals surface area contributed by atoms with Crippen LogP contribution in [0.25, 0.3) is 0 Å². The van der Waals surface area contributed by atoms with E-state index in [1.54, 1.807) is 18.2 Å². The first-order valence-electron chi connectivity index (χ1n) is 10.7. The molecular formula is C25H20F2N4O4S. The van der Waals surface area contributed by atoms with Gasteiger partial charge in [0, 0.05) is 11.3 Å². The Hall–Kier alpha value is -4.17. The van der Waals surface area contributed by atoms with Gasteiger partial charge in [0.15, 0.2) is 0 Å². The van der Waals surface area contributed by atoms with Crippen molar-refractivity contribution < 1.29 is 27.9 Å². The van der Waals surface area contributed by atoms with Crippen molar-refractivity contribution in [2.75, 3.05) is 12.4 Å². The summed E-state index contributed by atoms with van der Waals surface area (Å²) in [4.78, 5) is 39.7. The summed E-state index contributed by atoms with van der Waals surface area (Å²) < 4.78 is 34.6. The molecule has 2 aliphatic rings. The highest BCUT2D eigenvalue weighted by Crippen LogP contribution is 2.50. The van der Waals surface area contributed by atoms with Crippen LogP contribution in [0.1, 0.15) is 23.5 Å². The Labute approximate surface area is 209 Å². The molecule has 1 fully saturated rings. The minimum absolute atomic E-state index is 0.0109. The summed E-state index contributed by atoms with van der Waals surface area (Å²) in [6, 6.07) is 11.8. The fourth-order valence-corrected chi connectivity index (χ4v) is 5.47. The lowest BCUT2D eigenvalue weighted by atomic mass is 9.82. The number of aryl methyl sites for hydroxylation is 1. The van der Waals surface area contributed by atoms with Crippen molar-refractivity contribution in [1.29, 1.82) is 5.26 Å². The Balaban J connectivity index is 1.93. The van der Waals surface area contributed by atoms with E-state index in [4.69, 9.17) is 5.73 Å². The van der Waals surface area contributed by atoms with E-state index in [0.29, 0.717) is 5.69 Å². The number of hydrogen-bond donors (Lipinski definition) is 2. The van der Waals surface area contributed by atoms with Crippen LogP contribution in [0.4, 0.5) is 14.5 Å². The molecule has 11 heteroatoms. The highest BCUT2D eigenvalue weighted by molar-refractivity contribution is 8.04. The monoisotopic (exact) mass is 510 g/mol. The van der Waals surface area contributed by atoms with Gasteiger partial charge in [0.1, 0.15) is 22.7 Å². The topological polar surface area (TPSA) is 126 Å². The lowest BCUT2D eigenvalue weighted by Crippen LogP contribution is -2.39. The number of nitrogens with one attached hydrogen (secondary N) is 1. The molecule has 0 aliphatic carbocycles. The van der Waals surface area contributed by atoms with Crippen LogP contribution in [-0.2, 0) is 19.1 Å². The van der Waals surface area contributed by atoms with E-state index in [9.17, 15) is 28.4 Å². The zero-order valence-corrected chi connectivity index (χ0v) is 20.0. The smallest absolute Gasteiger partial charge is 0.307 e. The Morgan fingerprint density at radius 1 is 1.22 bits per heavy atom. The van der Waals surface area contributed by atoms with E-state index in [1.165, 1.54) is 7.11 Å². The number of ether oxygens (including phenoxy) is 1. The van der Waals surface area contributed by atoms with Crippen molar-refractivity contribution in [3.05, 3.63) is 87.2 Å². The highest BCUT2D eigenvalue weighted by atomic mass is 32.2. The summed E-state index contributed by atoms with van der Waals surface area (Å²) in [6.45, 7) is 1.82. The van der Waals surface area contributed by atoms with Crippen LogP contribution in [0.15, 0.2) is 64.5 Å². The van der Waals surface area contributed by atoms with Crippen molar-refractivity contribution in [1.82, 2.24) is 4.90 Å². The van der Waals surface area contributed by atoms with Gasteiger partial charge in [0.25, 0.3) is 5.91 Å². The van der Waals surface area contributed by atoms with Crippen LogP contribution in [-0.4, -0.2) is 35.0 Å². The normalized spacial score (nSPS) is 19.2. The molecule has 2 heterocycles. The maximum absolute atomic E-state index is 15.0. The Morgan fingerprint density at radius 3 is 2.50 bits per heavy atom. The number of allylic oxidation sites excluding steroid dienone is 1. The van der Waals surface area contributed by atoms with E-state index in [-0.39, 0.29) is 28.4 Å². The van der Waals surface area contributed by atoms with E-state index in [0.717, 1.165) is 40.4 Å². The number of amides is 2. The first kappa shape index (κ1) is 24.9. The third kappa shape index (κ3) is 4.31. The number of rotatable bonds is 5. The van der Waals surface area contributed by atoms with Crippen molar-refractivity contribution in [2.45, 2.75) is 24.5 Å². The number of carbonyl (C=O) groups excluding carboxylic acids is 3. The van der Waals surface area contributed by atoms with Gasteiger partial charge in [0.05, 0.1) is 41.7 Å². The molecule has 3 N–H and O–H groups in total. The predicted molar refractivity (Wildman–Crippen MR) is 128 cm³/mol. The molecule has 1 saturated heterocycles. The minimum atomic E-state index is -1.54. The number of fused-ring (bicyclic) bond motifs is 1. The largest absolute Gasteiger partial charge is 0.469 e. The van der Waals surface area contributed by atoms with Crippen molar-refractivity contribution >= 4 is 35.2 Å². The van der Waals surface area contributed by atoms with E-state index >= 15 is 0 Å². The van der Waals surface area contributed by atoms with Gasteiger partial charge in [0.2, 0.25) is 5.91 Å². The molecule has 0 radical (unpaired) electrons. The molecule has 4 rings (SSSR count). The van der Waals surface area contributed by atoms with Gasteiger partial charge >= 0.3 is 5.97 Å². The van der Waals surface area contributed by atoms with Crippen molar-refractivity contribution in [3.63, 3.8) is 0 Å². The first-order valence-corrected chi connectivity index (χ1v) is 11.6. The molecule has 2 amide bonds. The number of esters is 1. The fourth-order valence-electron chi connectivity index (χ4n) is 4.14. The number of nitriles is 1. The number of halogens is 2. The SMILES string of the molecule is COC(=O)C[C@H]1SC2=C(C(=O)Nc3cccc(C)c3)[C@H](c3c(F)cccc3F)C(C#N)=C(N)N2C1=O. The molecular weight excluding hydrogens is 490 g/mol. The number of carbonyl (C=O) groups is 3. The van der Waals surface area contributed by atoms with Gasteiger partial charge in [-0.3, -0.25) is 19.3 Å². The lowest BCUT2D eigenvalue weighted by molar-refractivity contribution is -0.142. The molecule has 2 aromatic carbocycles. The van der Waals surface area contributed by atoms with Crippen LogP contribution < -0.4 is 11.1 Å². The molecule has 0 saturated carbocycles. The molecule has 36 heavy (non-hydrogen) atoms. The number of nitrogens with two attached hydrogens (primary N) is 1. The van der Waals surface area contributed by atoms with E-state index in [1.807, 2.05) is 19.1 Å². The zero-order chi connectivity index (χ0) is 26.1. The number of anilines is 1. The Kier molecular flexibility index (Phi) is 6.81. The first-order chi connectivity index (χ1) is 17.2. The van der Waals surface area contributed by atoms with E-state index in [2.05, 4.69) is 10.1 Å². The predicted octanol–water partition coefficient (Wildman–Crippen LogP) is 3.42. The summed E-state index contributed by atoms with van der Waals surface area (Å²) in [7, 11) is 1.17. The summed E-state index contributed by atoms with van der Waals surface area (Å²) in [5, 5.41) is 11.6. The average Bonchev–Trinajstić information content (AvgIpc) is 3.14. The van der Waals surface area contributed by atoms with Crippen molar-refractivity contribution in [2.24, 2.45) is 5.73 Å². The van der Waals surface area contributed by atoms with Crippen LogP contribution in [0.3, 0.4) is 0 Å². The standard InChI is InChI=1S/C25H20F2N4O4S/c1-12-5-3-6-13(9-12)30-23(33)21-19(20-15(26)7-4-8-16(20)27)14(11-28)22(29)31-24(34)17(36-25(21)31)10-18(32)35-2/h3-9,17,19H,10,29H2,1-2H3,(H,30,33)/t17-,19+/m1/s1. The highest BCUT2D eigenvalue weighted by Gasteiger charge is 2.49. The second-order valence-corrected chi connectivity index (χ2v) is 9.27. The number of hydrogen-bond acceptors (Lipinski definition) is 7. The third-order valence-corrected chi connectivity index (χ3v) is 7.07. The number of thioether (sulfide) groups is 1. The molecule has 0 unspecified atom stereocenters. The average molecular weight is 511 g/mol. The summed E-state index contributed by atoms with van der Waals surface area (Å²) in [6.07, 6.45) is -0.333. The molecule has 2 aliphatic heterocycles. The quantitative estimate of drug-likeness (QED) is 0.591. The van der Waals surface area contributed by atoms with Gasteiger partial charge in [-0.1, -0.05) is 30.0 Å². The van der Waals surface area contributed by atoms with Gasteiger partial charge in [-0.2, -0.15) is 5.26 Å². The van der Waals surface area contributed by atoms with Gasteiger partial charge in [-0.25, -0.2) is 8.78 Å². The van der Waals surface area contributed by atoms with E-state index < -0.39 is 46.1 Å². The Bertz CT molecular complexity index is 1380. The maximum Gasteiger partial charge on any atom is 0.307 e. The lowest BCUT2D eigenvalue weighted by Gasteiger charge is -2.32. The summed E-state index contributed by atoms with van der Waals surface area (Å²) in [5.41, 5.74) is 6.26. The maximum atomic E-state index is 15.0. The zero-order valence-electron chi connectivity index (χ0n) is 19.2. The van der Waals surface area contributed by atoms with Crippen LogP contribution in [0.5, 0.6) is 0 Å². The molecule has 2 aromatic rings. The molecule has 0 aromatic heterocycles. The van der Waals surface area contributed by atoms with Gasteiger partial charge in [-0.05, 0) is 36.8 Å². The van der Waals surface area contributed by atoms with Crippen LogP contribution >= 0.6 is 11.8 Å². The molecule has 2 atom stereocenters. The summed E-state index contributed by atoms with van der Waals surface area (Å²) >= 11 is 0.849. The van der Waals surface area contributed by atoms with Gasteiger partial charge < -0.3 is 15.8 Å². The molecule has 0 bridgehead atoms. The van der Waals surface area contributed by atoms with Gasteiger partial charge in [-0.15, -0.1) is 0 Å². The summed E-state index contributed by atoms with van der Waals surface area (Å²) in [5.74, 6) is -5.99. The Morgan fingerprint density at radius 2 is 1.89 bits per heavy atom. The van der Waals surface area contributed by atoms with Crippen LogP contribution in [0, 0.1) is 29.9 Å². The molecule has 184 valence electrons. The minimum Gasteiger partial charge on any atom is -0.469 e. The fraction of sp³-hybridized carbons (Fsp3) is 0.200. The van der Waals surface area contributed by atoms with Crippen LogP contribution in [0.2, 0.25) is 0 Å². The third-order valence-electron chi connectivity index (χ3n) is 5.79. The second kappa shape index (κ2) is 9.83.